The van der Waals surface area contributed by atoms with Crippen LogP contribution in [0.2, 0.25) is 5.02 Å². The highest BCUT2D eigenvalue weighted by Crippen LogP contribution is 2.30. The van der Waals surface area contributed by atoms with Crippen LogP contribution in [-0.2, 0) is 5.75 Å². The average Bonchev–Trinajstić information content (AvgIpc) is 3.28. The Morgan fingerprint density at radius 1 is 1.15 bits per heavy atom. The van der Waals surface area contributed by atoms with Gasteiger partial charge in [0.1, 0.15) is 0 Å². The zero-order valence-electron chi connectivity index (χ0n) is 13.8. The van der Waals surface area contributed by atoms with E-state index in [1.807, 2.05) is 48.5 Å². The number of thioether (sulfide) groups is 1. The number of oxazole rings is 1. The number of benzene rings is 2. The molecule has 4 aromatic rings. The van der Waals surface area contributed by atoms with Gasteiger partial charge in [0.25, 0.3) is 0 Å². The minimum Gasteiger partial charge on any atom is -0.440 e. The molecular formula is C18H13BrClN5OS. The number of nitrogens with zero attached hydrogens (tertiary/aromatic N) is 4. The molecular weight excluding hydrogens is 450 g/mol. The lowest BCUT2D eigenvalue weighted by atomic mass is 10.2. The maximum Gasteiger partial charge on any atom is 0.210 e. The Labute approximate surface area is 172 Å². The molecule has 9 heteroatoms. The van der Waals surface area contributed by atoms with Crippen molar-refractivity contribution in [1.29, 1.82) is 0 Å². The predicted molar refractivity (Wildman–Crippen MR) is 110 cm³/mol. The van der Waals surface area contributed by atoms with Crippen molar-refractivity contribution < 1.29 is 4.42 Å². The number of aromatic nitrogens is 4. The van der Waals surface area contributed by atoms with E-state index < -0.39 is 0 Å². The lowest BCUT2D eigenvalue weighted by molar-refractivity contribution is 0.529. The van der Waals surface area contributed by atoms with Crippen molar-refractivity contribution in [2.24, 2.45) is 0 Å². The number of hydrogen-bond donors (Lipinski definition) is 1. The minimum atomic E-state index is 0.478. The molecule has 0 saturated carbocycles. The van der Waals surface area contributed by atoms with Crippen LogP contribution in [0.3, 0.4) is 0 Å². The molecule has 0 amide bonds. The molecule has 0 bridgehead atoms. The fraction of sp³-hybridized carbons (Fsp3) is 0.0556. The smallest absolute Gasteiger partial charge is 0.210 e. The summed E-state index contributed by atoms with van der Waals surface area (Å²) in [7, 11) is 0. The second kappa shape index (κ2) is 7.75. The van der Waals surface area contributed by atoms with Gasteiger partial charge in [-0.25, -0.2) is 9.66 Å². The van der Waals surface area contributed by atoms with Crippen molar-refractivity contribution in [3.63, 3.8) is 0 Å². The van der Waals surface area contributed by atoms with Crippen LogP contribution in [0.1, 0.15) is 5.89 Å². The maximum atomic E-state index is 6.17. The second-order valence-corrected chi connectivity index (χ2v) is 7.81. The topological polar surface area (TPSA) is 82.8 Å². The molecule has 0 spiro atoms. The summed E-state index contributed by atoms with van der Waals surface area (Å²) in [5.41, 5.74) is 1.75. The lowest BCUT2D eigenvalue weighted by Gasteiger charge is -2.04. The molecule has 0 aliphatic carbocycles. The van der Waals surface area contributed by atoms with Gasteiger partial charge in [-0.3, -0.25) is 0 Å². The Bertz CT molecular complexity index is 1100. The Hall–Kier alpha value is -2.29. The van der Waals surface area contributed by atoms with Crippen LogP contribution in [-0.4, -0.2) is 19.9 Å². The van der Waals surface area contributed by atoms with Gasteiger partial charge in [0.05, 0.1) is 11.9 Å². The van der Waals surface area contributed by atoms with Gasteiger partial charge in [0.2, 0.25) is 11.0 Å². The van der Waals surface area contributed by atoms with Crippen molar-refractivity contribution in [3.8, 4) is 22.7 Å². The lowest BCUT2D eigenvalue weighted by Crippen LogP contribution is -2.11. The molecule has 0 aliphatic heterocycles. The summed E-state index contributed by atoms with van der Waals surface area (Å²) in [5.74, 6) is 8.46. The molecule has 4 rings (SSSR count). The highest BCUT2D eigenvalue weighted by Gasteiger charge is 2.15. The zero-order chi connectivity index (χ0) is 18.8. The van der Waals surface area contributed by atoms with Crippen molar-refractivity contribution in [2.45, 2.75) is 10.9 Å². The SMILES string of the molecule is Nn1c(SCc2ncc(-c3cccc(Cl)c3)o2)nnc1-c1ccccc1Br. The molecule has 0 radical (unpaired) electrons. The summed E-state index contributed by atoms with van der Waals surface area (Å²) < 4.78 is 8.17. The van der Waals surface area contributed by atoms with Crippen molar-refractivity contribution in [2.75, 3.05) is 5.84 Å². The number of rotatable bonds is 5. The monoisotopic (exact) mass is 461 g/mol. The molecule has 2 N–H and O–H groups in total. The summed E-state index contributed by atoms with van der Waals surface area (Å²) in [4.78, 5) is 4.31. The summed E-state index contributed by atoms with van der Waals surface area (Å²) in [6, 6.07) is 15.2. The van der Waals surface area contributed by atoms with E-state index in [1.165, 1.54) is 16.4 Å². The Morgan fingerprint density at radius 2 is 2.00 bits per heavy atom. The first-order valence-electron chi connectivity index (χ1n) is 7.90. The molecule has 0 atom stereocenters. The van der Waals surface area contributed by atoms with Crippen LogP contribution in [0.5, 0.6) is 0 Å². The third-order valence-electron chi connectivity index (χ3n) is 3.77. The minimum absolute atomic E-state index is 0.478. The first kappa shape index (κ1) is 18.1. The van der Waals surface area contributed by atoms with Crippen LogP contribution in [0, 0.1) is 0 Å². The fourth-order valence-corrected chi connectivity index (χ4v) is 3.84. The van der Waals surface area contributed by atoms with Gasteiger partial charge < -0.3 is 10.3 Å². The van der Waals surface area contributed by atoms with E-state index in [-0.39, 0.29) is 0 Å². The number of hydrogen-bond acceptors (Lipinski definition) is 6. The Kier molecular flexibility index (Phi) is 5.20. The van der Waals surface area contributed by atoms with E-state index in [2.05, 4.69) is 31.1 Å². The van der Waals surface area contributed by atoms with Crippen LogP contribution in [0.25, 0.3) is 22.7 Å². The normalized spacial score (nSPS) is 11.0. The van der Waals surface area contributed by atoms with E-state index in [4.69, 9.17) is 21.9 Å². The summed E-state index contributed by atoms with van der Waals surface area (Å²) in [6.07, 6.45) is 1.68. The van der Waals surface area contributed by atoms with E-state index >= 15 is 0 Å². The first-order valence-corrected chi connectivity index (χ1v) is 10.1. The van der Waals surface area contributed by atoms with E-state index in [9.17, 15) is 0 Å². The Balaban J connectivity index is 1.50. The number of nitrogens with two attached hydrogens (primary N) is 1. The van der Waals surface area contributed by atoms with Crippen molar-refractivity contribution >= 4 is 39.3 Å². The van der Waals surface area contributed by atoms with Gasteiger partial charge in [0.15, 0.2) is 11.6 Å². The van der Waals surface area contributed by atoms with Gasteiger partial charge in [-0.1, -0.05) is 63.6 Å². The highest BCUT2D eigenvalue weighted by atomic mass is 79.9. The van der Waals surface area contributed by atoms with Gasteiger partial charge in [-0.2, -0.15) is 0 Å². The molecule has 2 aromatic carbocycles. The average molecular weight is 463 g/mol. The molecule has 0 aliphatic rings. The van der Waals surface area contributed by atoms with E-state index in [0.29, 0.717) is 33.4 Å². The number of nitrogen functional groups attached to an aromatic ring is 1. The van der Waals surface area contributed by atoms with Crippen LogP contribution in [0.15, 0.2) is 68.8 Å². The fourth-order valence-electron chi connectivity index (χ4n) is 2.48. The van der Waals surface area contributed by atoms with Gasteiger partial charge in [0, 0.05) is 20.6 Å². The van der Waals surface area contributed by atoms with Crippen molar-refractivity contribution in [1.82, 2.24) is 19.9 Å². The molecule has 2 aromatic heterocycles. The molecule has 0 unspecified atom stereocenters. The largest absolute Gasteiger partial charge is 0.440 e. The highest BCUT2D eigenvalue weighted by molar-refractivity contribution is 9.10. The van der Waals surface area contributed by atoms with Gasteiger partial charge in [-0.05, 0) is 24.3 Å². The molecule has 27 heavy (non-hydrogen) atoms. The zero-order valence-corrected chi connectivity index (χ0v) is 17.0. The quantitative estimate of drug-likeness (QED) is 0.331. The van der Waals surface area contributed by atoms with Crippen molar-refractivity contribution in [3.05, 3.63) is 70.1 Å². The predicted octanol–water partition coefficient (Wildman–Crippen LogP) is 5.02. The second-order valence-electron chi connectivity index (χ2n) is 5.57. The summed E-state index contributed by atoms with van der Waals surface area (Å²) in [6.45, 7) is 0. The standard InChI is InChI=1S/C18H13BrClN5OS/c19-14-7-2-1-6-13(14)17-23-24-18(25(17)21)27-10-16-22-9-15(26-16)11-4-3-5-12(20)8-11/h1-9H,10,21H2. The Morgan fingerprint density at radius 3 is 2.81 bits per heavy atom. The maximum absolute atomic E-state index is 6.17. The van der Waals surface area contributed by atoms with Crippen LogP contribution >= 0.6 is 39.3 Å². The molecule has 0 saturated heterocycles. The third-order valence-corrected chi connectivity index (χ3v) is 5.62. The number of halogens is 2. The summed E-state index contributed by atoms with van der Waals surface area (Å²) >= 11 is 10.9. The van der Waals surface area contributed by atoms with Crippen LogP contribution < -0.4 is 5.84 Å². The van der Waals surface area contributed by atoms with E-state index in [1.54, 1.807) is 6.20 Å². The molecule has 6 nitrogen and oxygen atoms in total. The van der Waals surface area contributed by atoms with E-state index in [0.717, 1.165) is 15.6 Å². The first-order chi connectivity index (χ1) is 13.1. The summed E-state index contributed by atoms with van der Waals surface area (Å²) in [5, 5.41) is 9.58. The van der Waals surface area contributed by atoms with Crippen LogP contribution in [0.4, 0.5) is 0 Å². The third kappa shape index (κ3) is 3.87. The molecule has 0 fully saturated rings. The molecule has 2 heterocycles. The van der Waals surface area contributed by atoms with Gasteiger partial charge in [-0.15, -0.1) is 10.2 Å². The molecule has 136 valence electrons. The van der Waals surface area contributed by atoms with Gasteiger partial charge >= 0.3 is 0 Å².